The lowest BCUT2D eigenvalue weighted by atomic mass is 9.94. The molecule has 3 nitrogen and oxygen atoms in total. The molecule has 0 aliphatic heterocycles. The van der Waals surface area contributed by atoms with E-state index >= 15 is 0 Å². The van der Waals surface area contributed by atoms with E-state index in [1.54, 1.807) is 0 Å². The van der Waals surface area contributed by atoms with Crippen molar-refractivity contribution < 1.29 is 4.42 Å². The second kappa shape index (κ2) is 13.6. The summed E-state index contributed by atoms with van der Waals surface area (Å²) in [7, 11) is 0. The fraction of sp³-hybridized carbons (Fsp3) is 0. The number of hydrogen-bond acceptors (Lipinski definition) is 2. The van der Waals surface area contributed by atoms with Gasteiger partial charge in [-0.1, -0.05) is 158 Å². The minimum atomic E-state index is 0.862. The smallest absolute Gasteiger partial charge is 0.136 e. The first-order valence-electron chi connectivity index (χ1n) is 19.4. The van der Waals surface area contributed by atoms with Gasteiger partial charge in [0.2, 0.25) is 0 Å². The lowest BCUT2D eigenvalue weighted by Gasteiger charge is -2.29. The van der Waals surface area contributed by atoms with E-state index in [1.165, 1.54) is 38.5 Å². The van der Waals surface area contributed by atoms with Gasteiger partial charge in [0.1, 0.15) is 11.2 Å². The molecule has 57 heavy (non-hydrogen) atoms. The second-order valence-electron chi connectivity index (χ2n) is 14.5. The number of furan rings is 1. The quantitative estimate of drug-likeness (QED) is 0.163. The standard InChI is InChI=1S/C54H36N2O/c1-4-14-37(15-5-1)39-24-26-41(27-25-39)53-49(34-35-52-54(53)47-21-11-13-23-51(47)57-52)55(43-30-28-40(29-31-43)38-16-6-2-7-17-38)44-32-33-46-45-20-10-12-22-48(45)56(50(46)36-44)42-18-8-3-9-19-42/h1-36H. The molecule has 0 N–H and O–H groups in total. The average Bonchev–Trinajstić information content (AvgIpc) is 3.83. The highest BCUT2D eigenvalue weighted by molar-refractivity contribution is 6.17. The fourth-order valence-electron chi connectivity index (χ4n) is 8.56. The summed E-state index contributed by atoms with van der Waals surface area (Å²) in [6.07, 6.45) is 0. The van der Waals surface area contributed by atoms with Crippen LogP contribution < -0.4 is 4.90 Å². The third-order valence-electron chi connectivity index (χ3n) is 11.2. The van der Waals surface area contributed by atoms with Crippen LogP contribution in [0.2, 0.25) is 0 Å². The van der Waals surface area contributed by atoms with Crippen LogP contribution in [0.5, 0.6) is 0 Å². The number of aromatic nitrogens is 1. The molecule has 0 atom stereocenters. The Kier molecular flexibility index (Phi) is 7.82. The first-order valence-corrected chi connectivity index (χ1v) is 19.4. The van der Waals surface area contributed by atoms with E-state index in [0.29, 0.717) is 0 Å². The van der Waals surface area contributed by atoms with E-state index in [4.69, 9.17) is 4.42 Å². The Bertz CT molecular complexity index is 3200. The minimum absolute atomic E-state index is 0.862. The summed E-state index contributed by atoms with van der Waals surface area (Å²) in [5.41, 5.74) is 15.4. The van der Waals surface area contributed by atoms with Crippen molar-refractivity contribution in [2.45, 2.75) is 0 Å². The molecule has 0 aliphatic rings. The SMILES string of the molecule is c1ccc(-c2ccc(-c3c(N(c4ccc(-c5ccccc5)cc4)c4ccc5c6ccccc6n(-c6ccccc6)c5c4)ccc4oc5ccccc5c34)cc2)cc1. The first kappa shape index (κ1) is 32.8. The number of fused-ring (bicyclic) bond motifs is 6. The monoisotopic (exact) mass is 728 g/mol. The van der Waals surface area contributed by atoms with Crippen LogP contribution in [0.1, 0.15) is 0 Å². The summed E-state index contributed by atoms with van der Waals surface area (Å²) in [6, 6.07) is 78.2. The molecular weight excluding hydrogens is 693 g/mol. The van der Waals surface area contributed by atoms with Crippen molar-refractivity contribution in [3.63, 3.8) is 0 Å². The van der Waals surface area contributed by atoms with E-state index in [-0.39, 0.29) is 0 Å². The second-order valence-corrected chi connectivity index (χ2v) is 14.5. The summed E-state index contributed by atoms with van der Waals surface area (Å²) in [6.45, 7) is 0. The minimum Gasteiger partial charge on any atom is -0.456 e. The van der Waals surface area contributed by atoms with Crippen LogP contribution in [-0.2, 0) is 0 Å². The van der Waals surface area contributed by atoms with Crippen molar-refractivity contribution in [2.75, 3.05) is 4.90 Å². The Labute approximate surface area is 330 Å². The van der Waals surface area contributed by atoms with Crippen molar-refractivity contribution in [2.24, 2.45) is 0 Å². The van der Waals surface area contributed by atoms with Gasteiger partial charge in [-0.05, 0) is 88.5 Å². The van der Waals surface area contributed by atoms with Crippen LogP contribution in [-0.4, -0.2) is 4.57 Å². The Morgan fingerprint density at radius 1 is 0.351 bits per heavy atom. The summed E-state index contributed by atoms with van der Waals surface area (Å²) in [5, 5.41) is 4.63. The molecule has 0 spiro atoms. The fourth-order valence-corrected chi connectivity index (χ4v) is 8.56. The maximum atomic E-state index is 6.55. The van der Waals surface area contributed by atoms with Gasteiger partial charge in [0.05, 0.1) is 16.7 Å². The maximum absolute atomic E-state index is 6.55. The van der Waals surface area contributed by atoms with E-state index < -0.39 is 0 Å². The highest BCUT2D eigenvalue weighted by Crippen LogP contribution is 2.48. The number of benzene rings is 9. The molecule has 0 saturated heterocycles. The molecule has 9 aromatic carbocycles. The molecule has 0 bridgehead atoms. The molecule has 11 rings (SSSR count). The summed E-state index contributed by atoms with van der Waals surface area (Å²) in [4.78, 5) is 2.42. The van der Waals surface area contributed by atoms with Crippen LogP contribution in [0.15, 0.2) is 223 Å². The molecule has 2 heterocycles. The molecule has 0 unspecified atom stereocenters. The average molecular weight is 729 g/mol. The number of nitrogens with zero attached hydrogens (tertiary/aromatic N) is 2. The van der Waals surface area contributed by atoms with E-state index in [1.807, 2.05) is 6.07 Å². The zero-order valence-electron chi connectivity index (χ0n) is 31.1. The highest BCUT2D eigenvalue weighted by Gasteiger charge is 2.24. The third-order valence-corrected chi connectivity index (χ3v) is 11.2. The van der Waals surface area contributed by atoms with Crippen molar-refractivity contribution >= 4 is 60.8 Å². The Morgan fingerprint density at radius 2 is 0.877 bits per heavy atom. The highest BCUT2D eigenvalue weighted by atomic mass is 16.3. The maximum Gasteiger partial charge on any atom is 0.136 e. The van der Waals surface area contributed by atoms with Gasteiger partial charge in [-0.25, -0.2) is 0 Å². The van der Waals surface area contributed by atoms with Crippen LogP contribution in [0.25, 0.3) is 82.8 Å². The van der Waals surface area contributed by atoms with Crippen molar-refractivity contribution in [3.8, 4) is 39.1 Å². The van der Waals surface area contributed by atoms with E-state index in [9.17, 15) is 0 Å². The van der Waals surface area contributed by atoms with Gasteiger partial charge < -0.3 is 13.9 Å². The molecule has 3 heteroatoms. The lowest BCUT2D eigenvalue weighted by molar-refractivity contribution is 0.669. The Balaban J connectivity index is 1.19. The van der Waals surface area contributed by atoms with Gasteiger partial charge in [-0.15, -0.1) is 0 Å². The molecule has 0 amide bonds. The van der Waals surface area contributed by atoms with Gasteiger partial charge in [0.15, 0.2) is 0 Å². The molecule has 0 fully saturated rings. The van der Waals surface area contributed by atoms with Crippen LogP contribution >= 0.6 is 0 Å². The van der Waals surface area contributed by atoms with Crippen LogP contribution in [0, 0.1) is 0 Å². The molecule has 0 aliphatic carbocycles. The van der Waals surface area contributed by atoms with Gasteiger partial charge in [-0.3, -0.25) is 0 Å². The van der Waals surface area contributed by atoms with Crippen molar-refractivity contribution in [1.29, 1.82) is 0 Å². The zero-order chi connectivity index (χ0) is 37.7. The predicted molar refractivity (Wildman–Crippen MR) is 239 cm³/mol. The molecule has 2 aromatic heterocycles. The van der Waals surface area contributed by atoms with E-state index in [0.717, 1.165) is 61.3 Å². The largest absolute Gasteiger partial charge is 0.456 e. The van der Waals surface area contributed by atoms with Crippen LogP contribution in [0.3, 0.4) is 0 Å². The summed E-state index contributed by atoms with van der Waals surface area (Å²) in [5.74, 6) is 0. The van der Waals surface area contributed by atoms with Crippen molar-refractivity contribution in [1.82, 2.24) is 4.57 Å². The number of anilines is 3. The molecular formula is C54H36N2O. The van der Waals surface area contributed by atoms with Gasteiger partial charge >= 0.3 is 0 Å². The predicted octanol–water partition coefficient (Wildman–Crippen LogP) is 15.2. The number of rotatable bonds is 7. The summed E-state index contributed by atoms with van der Waals surface area (Å²) < 4.78 is 8.94. The summed E-state index contributed by atoms with van der Waals surface area (Å²) >= 11 is 0. The first-order chi connectivity index (χ1) is 28.3. The number of hydrogen-bond donors (Lipinski definition) is 0. The Morgan fingerprint density at radius 3 is 1.58 bits per heavy atom. The molecule has 0 saturated carbocycles. The topological polar surface area (TPSA) is 21.3 Å². The Hall–Kier alpha value is -7.62. The molecule has 0 radical (unpaired) electrons. The van der Waals surface area contributed by atoms with Crippen molar-refractivity contribution in [3.05, 3.63) is 218 Å². The van der Waals surface area contributed by atoms with Gasteiger partial charge in [-0.2, -0.15) is 0 Å². The normalized spacial score (nSPS) is 11.5. The zero-order valence-corrected chi connectivity index (χ0v) is 31.1. The molecule has 11 aromatic rings. The van der Waals surface area contributed by atoms with Gasteiger partial charge in [0.25, 0.3) is 0 Å². The number of para-hydroxylation sites is 3. The van der Waals surface area contributed by atoms with E-state index in [2.05, 4.69) is 222 Å². The van der Waals surface area contributed by atoms with Gasteiger partial charge in [0, 0.05) is 44.2 Å². The third kappa shape index (κ3) is 5.60. The lowest BCUT2D eigenvalue weighted by Crippen LogP contribution is -2.11. The molecule has 268 valence electrons. The van der Waals surface area contributed by atoms with Crippen LogP contribution in [0.4, 0.5) is 17.1 Å².